The number of aryl methyl sites for hydroxylation is 1. The molecule has 1 aromatic heterocycles. The number of carbonyl (C=O) groups is 1. The van der Waals surface area contributed by atoms with E-state index in [1.807, 2.05) is 0 Å². The Morgan fingerprint density at radius 1 is 1.12 bits per heavy atom. The van der Waals surface area contributed by atoms with E-state index in [-0.39, 0.29) is 29.6 Å². The van der Waals surface area contributed by atoms with Crippen LogP contribution in [0, 0.1) is 5.82 Å². The highest BCUT2D eigenvalue weighted by molar-refractivity contribution is 7.73. The molecule has 0 saturated carbocycles. The fourth-order valence-electron chi connectivity index (χ4n) is 3.50. The molecule has 0 saturated heterocycles. The molecule has 0 bridgehead atoms. The van der Waals surface area contributed by atoms with Gasteiger partial charge in [-0.05, 0) is 18.6 Å². The SMILES string of the molecule is COP(=O)(OC)C(O)(CCCNc1cc2c(cc1F)c(=O)c(C(=O)O)cn2C)P(=O)(OC)OC. The van der Waals surface area contributed by atoms with Crippen molar-refractivity contribution in [2.45, 2.75) is 17.9 Å². The van der Waals surface area contributed by atoms with Gasteiger partial charge in [0.1, 0.15) is 11.4 Å². The predicted molar refractivity (Wildman–Crippen MR) is 122 cm³/mol. The normalized spacial score (nSPS) is 12.8. The second-order valence-corrected chi connectivity index (χ2v) is 12.4. The first kappa shape index (κ1) is 28.1. The number of carboxylic acid groups (broad SMARTS) is 1. The van der Waals surface area contributed by atoms with E-state index in [1.165, 1.54) is 17.7 Å². The minimum atomic E-state index is -4.38. The van der Waals surface area contributed by atoms with Crippen LogP contribution in [0.15, 0.2) is 23.1 Å². The number of hydrogen-bond acceptors (Lipinski definition) is 10. The maximum absolute atomic E-state index is 14.6. The molecular formula is C19H27FN2O10P2. The largest absolute Gasteiger partial charge is 0.477 e. The molecule has 0 amide bonds. The molecule has 0 spiro atoms. The van der Waals surface area contributed by atoms with Gasteiger partial charge in [0, 0.05) is 60.0 Å². The van der Waals surface area contributed by atoms with E-state index in [0.717, 1.165) is 40.7 Å². The number of aromatic carboxylic acids is 1. The molecular weight excluding hydrogens is 497 g/mol. The minimum Gasteiger partial charge on any atom is -0.477 e. The lowest BCUT2D eigenvalue weighted by molar-refractivity contribution is 0.0694. The lowest BCUT2D eigenvalue weighted by Gasteiger charge is -2.36. The summed E-state index contributed by atoms with van der Waals surface area (Å²) in [4.78, 5) is 23.6. The molecule has 0 aliphatic heterocycles. The fourth-order valence-corrected chi connectivity index (χ4v) is 8.01. The van der Waals surface area contributed by atoms with Crippen molar-refractivity contribution in [3.63, 3.8) is 0 Å². The van der Waals surface area contributed by atoms with Gasteiger partial charge in [-0.1, -0.05) is 0 Å². The van der Waals surface area contributed by atoms with Crippen LogP contribution in [0.2, 0.25) is 0 Å². The van der Waals surface area contributed by atoms with Gasteiger partial charge in [-0.3, -0.25) is 13.9 Å². The van der Waals surface area contributed by atoms with Gasteiger partial charge < -0.3 is 38.2 Å². The lowest BCUT2D eigenvalue weighted by atomic mass is 10.1. The van der Waals surface area contributed by atoms with E-state index in [0.29, 0.717) is 0 Å². The van der Waals surface area contributed by atoms with Crippen LogP contribution < -0.4 is 10.7 Å². The molecule has 1 aromatic carbocycles. The zero-order chi connectivity index (χ0) is 25.9. The summed E-state index contributed by atoms with van der Waals surface area (Å²) in [5.41, 5.74) is -1.05. The smallest absolute Gasteiger partial charge is 0.374 e. The van der Waals surface area contributed by atoms with Crippen molar-refractivity contribution in [3.05, 3.63) is 39.9 Å². The number of hydrogen-bond donors (Lipinski definition) is 3. The van der Waals surface area contributed by atoms with Crippen LogP contribution in [-0.4, -0.2) is 60.8 Å². The average Bonchev–Trinajstić information content (AvgIpc) is 2.82. The number of nitrogens with one attached hydrogen (secondary N) is 1. The zero-order valence-electron chi connectivity index (χ0n) is 19.2. The number of nitrogens with zero attached hydrogens (tertiary/aromatic N) is 1. The van der Waals surface area contributed by atoms with Crippen LogP contribution >= 0.6 is 15.2 Å². The molecule has 2 rings (SSSR count). The first-order valence-corrected chi connectivity index (χ1v) is 12.9. The van der Waals surface area contributed by atoms with Crippen molar-refractivity contribution in [2.75, 3.05) is 40.3 Å². The molecule has 1 heterocycles. The highest BCUT2D eigenvalue weighted by Crippen LogP contribution is 2.77. The van der Waals surface area contributed by atoms with E-state index < -0.39 is 49.5 Å². The van der Waals surface area contributed by atoms with Crippen molar-refractivity contribution >= 4 is 37.8 Å². The maximum atomic E-state index is 14.6. The monoisotopic (exact) mass is 524 g/mol. The molecule has 3 N–H and O–H groups in total. The van der Waals surface area contributed by atoms with Crippen LogP contribution in [0.5, 0.6) is 0 Å². The third-order valence-electron chi connectivity index (χ3n) is 5.35. The number of aromatic nitrogens is 1. The number of carboxylic acids is 1. The predicted octanol–water partition coefficient (Wildman–Crippen LogP) is 3.19. The number of fused-ring (bicyclic) bond motifs is 1. The van der Waals surface area contributed by atoms with Gasteiger partial charge in [-0.2, -0.15) is 0 Å². The molecule has 0 unspecified atom stereocenters. The first-order chi connectivity index (χ1) is 15.8. The molecule has 0 aliphatic rings. The van der Waals surface area contributed by atoms with Crippen molar-refractivity contribution < 1.29 is 46.6 Å². The summed E-state index contributed by atoms with van der Waals surface area (Å²) < 4.78 is 61.3. The second-order valence-electron chi connectivity index (χ2n) is 7.17. The summed E-state index contributed by atoms with van der Waals surface area (Å²) in [6.07, 6.45) is 0.681. The summed E-state index contributed by atoms with van der Waals surface area (Å²) >= 11 is 0. The summed E-state index contributed by atoms with van der Waals surface area (Å²) in [5, 5.41) is 20.2. The first-order valence-electron chi connectivity index (χ1n) is 9.80. The van der Waals surface area contributed by atoms with Crippen molar-refractivity contribution in [1.82, 2.24) is 4.57 Å². The molecule has 15 heteroatoms. The van der Waals surface area contributed by atoms with Crippen molar-refractivity contribution in [2.24, 2.45) is 7.05 Å². The number of anilines is 1. The highest BCUT2D eigenvalue weighted by Gasteiger charge is 2.63. The molecule has 2 aromatic rings. The van der Waals surface area contributed by atoms with Gasteiger partial charge in [0.2, 0.25) is 5.43 Å². The topological polar surface area (TPSA) is 163 Å². The number of pyridine rings is 1. The number of aliphatic hydroxyl groups is 1. The molecule has 0 fully saturated rings. The maximum Gasteiger partial charge on any atom is 0.374 e. The van der Waals surface area contributed by atoms with Crippen LogP contribution in [0.1, 0.15) is 23.2 Å². The van der Waals surface area contributed by atoms with E-state index in [2.05, 4.69) is 5.32 Å². The van der Waals surface area contributed by atoms with Crippen LogP contribution in [0.3, 0.4) is 0 Å². The van der Waals surface area contributed by atoms with E-state index in [9.17, 15) is 28.2 Å². The van der Waals surface area contributed by atoms with Gasteiger partial charge in [0.25, 0.3) is 5.08 Å². The van der Waals surface area contributed by atoms with Gasteiger partial charge >= 0.3 is 21.2 Å². The Kier molecular flexibility index (Phi) is 8.82. The molecule has 0 radical (unpaired) electrons. The molecule has 0 aliphatic carbocycles. The molecule has 12 nitrogen and oxygen atoms in total. The molecule has 0 atom stereocenters. The quantitative estimate of drug-likeness (QED) is 0.276. The summed E-state index contributed by atoms with van der Waals surface area (Å²) in [7, 11) is -3.22. The third kappa shape index (κ3) is 4.83. The lowest BCUT2D eigenvalue weighted by Crippen LogP contribution is -2.32. The second kappa shape index (κ2) is 10.7. The average molecular weight is 524 g/mol. The van der Waals surface area contributed by atoms with Gasteiger partial charge in [-0.25, -0.2) is 9.18 Å². The highest BCUT2D eigenvalue weighted by atomic mass is 31.2. The Labute approximate surface area is 194 Å². The summed E-state index contributed by atoms with van der Waals surface area (Å²) in [6, 6.07) is 2.26. The summed E-state index contributed by atoms with van der Waals surface area (Å²) in [6.45, 7) is -0.00719. The molecule has 34 heavy (non-hydrogen) atoms. The summed E-state index contributed by atoms with van der Waals surface area (Å²) in [5.74, 6) is -2.24. The van der Waals surface area contributed by atoms with E-state index in [4.69, 9.17) is 23.2 Å². The van der Waals surface area contributed by atoms with Crippen LogP contribution in [0.25, 0.3) is 10.9 Å². The van der Waals surface area contributed by atoms with Crippen LogP contribution in [-0.2, 0) is 34.3 Å². The van der Waals surface area contributed by atoms with Gasteiger partial charge in [0.15, 0.2) is 0 Å². The Balaban J connectivity index is 2.31. The molecule has 190 valence electrons. The Morgan fingerprint density at radius 3 is 2.12 bits per heavy atom. The van der Waals surface area contributed by atoms with Gasteiger partial charge in [-0.15, -0.1) is 0 Å². The number of rotatable bonds is 12. The van der Waals surface area contributed by atoms with Crippen LogP contribution in [0.4, 0.5) is 10.1 Å². The zero-order valence-corrected chi connectivity index (χ0v) is 21.0. The van der Waals surface area contributed by atoms with E-state index in [1.54, 1.807) is 0 Å². The Hall–Kier alpha value is -2.11. The minimum absolute atomic E-state index is 0.00719. The fraction of sp³-hybridized carbons (Fsp3) is 0.474. The third-order valence-corrected chi connectivity index (χ3v) is 10.9. The number of halogens is 1. The van der Waals surface area contributed by atoms with Gasteiger partial charge in [0.05, 0.1) is 11.2 Å². The standard InChI is InChI=1S/C19H27FN2O10P2/c1-22-11-13(18(24)25)17(23)12-9-14(20)15(10-16(12)22)21-8-6-7-19(26,33(27,29-2)30-3)34(28,31-4)32-5/h9-11,21,26H,6-8H2,1-5H3,(H,24,25). The number of benzene rings is 1. The van der Waals surface area contributed by atoms with E-state index >= 15 is 0 Å². The van der Waals surface area contributed by atoms with Crippen molar-refractivity contribution in [3.8, 4) is 0 Å². The Bertz CT molecular complexity index is 1190. The van der Waals surface area contributed by atoms with Crippen molar-refractivity contribution in [1.29, 1.82) is 0 Å². The Morgan fingerprint density at radius 2 is 1.65 bits per heavy atom.